The zero-order valence-electron chi connectivity index (χ0n) is 14.7. The van der Waals surface area contributed by atoms with E-state index in [2.05, 4.69) is 22.9 Å². The third-order valence-electron chi connectivity index (χ3n) is 4.57. The van der Waals surface area contributed by atoms with Gasteiger partial charge in [-0.2, -0.15) is 0 Å². The van der Waals surface area contributed by atoms with Crippen LogP contribution in [0.4, 0.5) is 0 Å². The topological polar surface area (TPSA) is 66.8 Å². The number of aliphatic carboxylic acids is 1. The molecule has 1 aliphatic heterocycles. The maximum absolute atomic E-state index is 12.6. The normalized spacial score (nSPS) is 15.2. The van der Waals surface area contributed by atoms with Gasteiger partial charge in [0.2, 0.25) is 0 Å². The molecule has 1 aromatic carbocycles. The van der Waals surface area contributed by atoms with Crippen LogP contribution in [0.15, 0.2) is 22.7 Å². The molecule has 0 atom stereocenters. The molecule has 0 aliphatic carbocycles. The summed E-state index contributed by atoms with van der Waals surface area (Å²) in [6.07, 6.45) is 5.64. The molecule has 1 amide bonds. The first kappa shape index (κ1) is 19.8. The monoisotopic (exact) mass is 411 g/mol. The smallest absolute Gasteiger partial charge is 0.306 e. The first-order valence-corrected chi connectivity index (χ1v) is 9.76. The predicted molar refractivity (Wildman–Crippen MR) is 100 cm³/mol. The molecule has 0 unspecified atom stereocenters. The summed E-state index contributed by atoms with van der Waals surface area (Å²) in [6, 6.07) is 5.38. The molecule has 0 radical (unpaired) electrons. The van der Waals surface area contributed by atoms with Crippen molar-refractivity contribution in [3.8, 4) is 5.75 Å². The molecule has 1 heterocycles. The molecule has 0 spiro atoms. The molecule has 0 aromatic heterocycles. The SMILES string of the molecule is CCCCCCOc1ccc(C(=O)N2CCC(C(=O)O)CC2)cc1Br. The Morgan fingerprint density at radius 3 is 2.56 bits per heavy atom. The molecule has 6 heteroatoms. The summed E-state index contributed by atoms with van der Waals surface area (Å²) in [7, 11) is 0. The van der Waals surface area contributed by atoms with Crippen LogP contribution in [0.1, 0.15) is 55.8 Å². The van der Waals surface area contributed by atoms with Crippen molar-refractivity contribution in [3.05, 3.63) is 28.2 Å². The standard InChI is InChI=1S/C19H26BrNO4/c1-2-3-4-5-12-25-17-7-6-15(13-16(17)20)18(22)21-10-8-14(9-11-21)19(23)24/h6-7,13-14H,2-5,8-12H2,1H3,(H,23,24). The average Bonchev–Trinajstić information content (AvgIpc) is 2.62. The Hall–Kier alpha value is -1.56. The second kappa shape index (κ2) is 9.80. The van der Waals surface area contributed by atoms with Gasteiger partial charge in [-0.25, -0.2) is 0 Å². The number of benzene rings is 1. The Bertz CT molecular complexity index is 597. The molecule has 2 rings (SSSR count). The summed E-state index contributed by atoms with van der Waals surface area (Å²) in [5.41, 5.74) is 0.596. The van der Waals surface area contributed by atoms with Gasteiger partial charge in [-0.15, -0.1) is 0 Å². The lowest BCUT2D eigenvalue weighted by Gasteiger charge is -2.30. The van der Waals surface area contributed by atoms with Crippen molar-refractivity contribution < 1.29 is 19.4 Å². The zero-order chi connectivity index (χ0) is 18.2. The highest BCUT2D eigenvalue weighted by Crippen LogP contribution is 2.28. The van der Waals surface area contributed by atoms with Crippen molar-refractivity contribution in [3.63, 3.8) is 0 Å². The number of carboxylic acids is 1. The molecular formula is C19H26BrNO4. The van der Waals surface area contributed by atoms with Gasteiger partial charge in [-0.05, 0) is 53.4 Å². The fraction of sp³-hybridized carbons (Fsp3) is 0.579. The summed E-state index contributed by atoms with van der Waals surface area (Å²) >= 11 is 3.48. The minimum atomic E-state index is -0.768. The van der Waals surface area contributed by atoms with Crippen LogP contribution in [0.3, 0.4) is 0 Å². The van der Waals surface area contributed by atoms with Crippen LogP contribution in [0.2, 0.25) is 0 Å². The molecule has 25 heavy (non-hydrogen) atoms. The molecule has 1 fully saturated rings. The van der Waals surface area contributed by atoms with Crippen molar-refractivity contribution in [2.45, 2.75) is 45.4 Å². The molecule has 138 valence electrons. The molecule has 1 saturated heterocycles. The van der Waals surface area contributed by atoms with E-state index in [-0.39, 0.29) is 11.8 Å². The average molecular weight is 412 g/mol. The number of piperidine rings is 1. The number of unbranched alkanes of at least 4 members (excludes halogenated alkanes) is 3. The third-order valence-corrected chi connectivity index (χ3v) is 5.19. The summed E-state index contributed by atoms with van der Waals surface area (Å²) in [5, 5.41) is 9.04. The molecular weight excluding hydrogens is 386 g/mol. The van der Waals surface area contributed by atoms with E-state index in [1.807, 2.05) is 6.07 Å². The van der Waals surface area contributed by atoms with Gasteiger partial charge in [0.15, 0.2) is 0 Å². The Balaban J connectivity index is 1.89. The molecule has 1 aromatic rings. The van der Waals surface area contributed by atoms with Crippen LogP contribution in [0.25, 0.3) is 0 Å². The summed E-state index contributed by atoms with van der Waals surface area (Å²) in [5.74, 6) is -0.411. The van der Waals surface area contributed by atoms with Gasteiger partial charge in [0, 0.05) is 18.7 Å². The number of nitrogens with zero attached hydrogens (tertiary/aromatic N) is 1. The number of likely N-dealkylation sites (tertiary alicyclic amines) is 1. The second-order valence-electron chi connectivity index (χ2n) is 6.46. The van der Waals surface area contributed by atoms with Crippen LogP contribution >= 0.6 is 15.9 Å². The van der Waals surface area contributed by atoms with Crippen molar-refractivity contribution in [2.24, 2.45) is 5.92 Å². The van der Waals surface area contributed by atoms with E-state index >= 15 is 0 Å². The maximum atomic E-state index is 12.6. The van der Waals surface area contributed by atoms with E-state index in [1.165, 1.54) is 12.8 Å². The summed E-state index contributed by atoms with van der Waals surface area (Å²) in [6.45, 7) is 3.83. The van der Waals surface area contributed by atoms with Crippen molar-refractivity contribution in [1.82, 2.24) is 4.90 Å². The summed E-state index contributed by atoms with van der Waals surface area (Å²) in [4.78, 5) is 25.3. The number of ether oxygens (including phenoxy) is 1. The Labute approximate surface area is 157 Å². The lowest BCUT2D eigenvalue weighted by molar-refractivity contribution is -0.143. The van der Waals surface area contributed by atoms with Crippen LogP contribution in [0, 0.1) is 5.92 Å². The van der Waals surface area contributed by atoms with Crippen molar-refractivity contribution >= 4 is 27.8 Å². The fourth-order valence-electron chi connectivity index (χ4n) is 2.97. The molecule has 0 bridgehead atoms. The van der Waals surface area contributed by atoms with Gasteiger partial charge in [-0.3, -0.25) is 9.59 Å². The van der Waals surface area contributed by atoms with Crippen molar-refractivity contribution in [2.75, 3.05) is 19.7 Å². The number of carboxylic acid groups (broad SMARTS) is 1. The van der Waals surface area contributed by atoms with Gasteiger partial charge < -0.3 is 14.7 Å². The number of hydrogen-bond donors (Lipinski definition) is 1. The van der Waals surface area contributed by atoms with E-state index in [9.17, 15) is 9.59 Å². The highest BCUT2D eigenvalue weighted by molar-refractivity contribution is 9.10. The molecule has 5 nitrogen and oxygen atoms in total. The predicted octanol–water partition coefficient (Wildman–Crippen LogP) is 4.35. The van der Waals surface area contributed by atoms with Gasteiger partial charge >= 0.3 is 5.97 Å². The van der Waals surface area contributed by atoms with E-state index in [0.29, 0.717) is 38.1 Å². The maximum Gasteiger partial charge on any atom is 0.306 e. The highest BCUT2D eigenvalue weighted by atomic mass is 79.9. The highest BCUT2D eigenvalue weighted by Gasteiger charge is 2.27. The van der Waals surface area contributed by atoms with E-state index in [1.54, 1.807) is 17.0 Å². The second-order valence-corrected chi connectivity index (χ2v) is 7.31. The molecule has 1 aliphatic rings. The van der Waals surface area contributed by atoms with E-state index in [0.717, 1.165) is 23.1 Å². The molecule has 1 N–H and O–H groups in total. The number of carbonyl (C=O) groups is 2. The van der Waals surface area contributed by atoms with Crippen LogP contribution < -0.4 is 4.74 Å². The molecule has 0 saturated carbocycles. The largest absolute Gasteiger partial charge is 0.492 e. The fourth-order valence-corrected chi connectivity index (χ4v) is 3.47. The van der Waals surface area contributed by atoms with Crippen LogP contribution in [-0.4, -0.2) is 41.6 Å². The number of carbonyl (C=O) groups excluding carboxylic acids is 1. The first-order valence-electron chi connectivity index (χ1n) is 8.97. The first-order chi connectivity index (χ1) is 12.0. The van der Waals surface area contributed by atoms with Gasteiger partial charge in [0.1, 0.15) is 5.75 Å². The van der Waals surface area contributed by atoms with Gasteiger partial charge in [0.25, 0.3) is 5.91 Å². The number of halogens is 1. The van der Waals surface area contributed by atoms with E-state index < -0.39 is 5.97 Å². The van der Waals surface area contributed by atoms with Crippen LogP contribution in [-0.2, 0) is 4.79 Å². The van der Waals surface area contributed by atoms with Crippen molar-refractivity contribution in [1.29, 1.82) is 0 Å². The number of rotatable bonds is 8. The zero-order valence-corrected chi connectivity index (χ0v) is 16.3. The minimum Gasteiger partial charge on any atom is -0.492 e. The van der Waals surface area contributed by atoms with E-state index in [4.69, 9.17) is 9.84 Å². The Kier molecular flexibility index (Phi) is 7.75. The van der Waals surface area contributed by atoms with Crippen LogP contribution in [0.5, 0.6) is 5.75 Å². The van der Waals surface area contributed by atoms with Gasteiger partial charge in [-0.1, -0.05) is 26.2 Å². The van der Waals surface area contributed by atoms with Gasteiger partial charge in [0.05, 0.1) is 17.0 Å². The summed E-state index contributed by atoms with van der Waals surface area (Å²) < 4.78 is 6.54. The third kappa shape index (κ3) is 5.73. The Morgan fingerprint density at radius 2 is 1.96 bits per heavy atom. The minimum absolute atomic E-state index is 0.0564. The number of hydrogen-bond acceptors (Lipinski definition) is 3. The number of amides is 1. The lowest BCUT2D eigenvalue weighted by Crippen LogP contribution is -2.40. The Morgan fingerprint density at radius 1 is 1.24 bits per heavy atom. The quantitative estimate of drug-likeness (QED) is 0.645. The lowest BCUT2D eigenvalue weighted by atomic mass is 9.96.